The van der Waals surface area contributed by atoms with E-state index in [1.165, 1.54) is 0 Å². The van der Waals surface area contributed by atoms with Crippen molar-refractivity contribution >= 4 is 32.2 Å². The highest BCUT2D eigenvalue weighted by Crippen LogP contribution is 2.27. The van der Waals surface area contributed by atoms with Crippen molar-refractivity contribution in [2.45, 2.75) is 33.1 Å². The van der Waals surface area contributed by atoms with E-state index < -0.39 is 27.6 Å². The molecule has 0 aromatic heterocycles. The Bertz CT molecular complexity index is 390. The SMILES string of the molecule is C=C(C(=O)O)C(C)C(CCCC)=C([SiH2]O[SiH3])C(=O)O. The van der Waals surface area contributed by atoms with Crippen molar-refractivity contribution in [2.75, 3.05) is 0 Å². The highest BCUT2D eigenvalue weighted by Gasteiger charge is 2.23. The van der Waals surface area contributed by atoms with Crippen LogP contribution < -0.4 is 0 Å². The molecule has 0 heterocycles. The van der Waals surface area contributed by atoms with Crippen LogP contribution in [0.3, 0.4) is 0 Å². The third kappa shape index (κ3) is 5.54. The minimum Gasteiger partial charge on any atom is -0.478 e. The lowest BCUT2D eigenvalue weighted by Crippen LogP contribution is -2.20. The number of rotatable bonds is 9. The monoisotopic (exact) mass is 302 g/mol. The first-order chi connectivity index (χ1) is 8.86. The maximum Gasteiger partial charge on any atom is 0.331 e. The van der Waals surface area contributed by atoms with E-state index in [1.807, 2.05) is 6.92 Å². The molecular formula is C12H22O5Si2. The summed E-state index contributed by atoms with van der Waals surface area (Å²) in [4.78, 5) is 22.3. The molecule has 108 valence electrons. The molecule has 0 spiro atoms. The van der Waals surface area contributed by atoms with Gasteiger partial charge in [0.15, 0.2) is 9.76 Å². The van der Waals surface area contributed by atoms with Crippen molar-refractivity contribution in [1.82, 2.24) is 0 Å². The van der Waals surface area contributed by atoms with Gasteiger partial charge in [0.1, 0.15) is 10.5 Å². The predicted octanol–water partition coefficient (Wildman–Crippen LogP) is 0.173. The van der Waals surface area contributed by atoms with Gasteiger partial charge in [-0.15, -0.1) is 0 Å². The van der Waals surface area contributed by atoms with Crippen LogP contribution >= 0.6 is 0 Å². The first kappa shape index (κ1) is 17.8. The van der Waals surface area contributed by atoms with Crippen LogP contribution in [0.2, 0.25) is 0 Å². The van der Waals surface area contributed by atoms with Crippen LogP contribution in [-0.2, 0) is 13.7 Å². The number of carboxylic acid groups (broad SMARTS) is 2. The number of aliphatic carboxylic acids is 2. The molecule has 0 radical (unpaired) electrons. The third-order valence-corrected chi connectivity index (χ3v) is 5.25. The minimum absolute atomic E-state index is 0.0344. The molecule has 0 amide bonds. The van der Waals surface area contributed by atoms with Crippen molar-refractivity contribution in [3.05, 3.63) is 22.9 Å². The summed E-state index contributed by atoms with van der Waals surface area (Å²) in [6, 6.07) is 0. The standard InChI is InChI=1S/C12H22O5Si2/c1-4-5-6-9(7(2)8(3)11(13)14)10(12(15)16)19-17-18/h7H,3-6,19H2,1-2,18H3,(H,13,14)(H,15,16). The zero-order valence-electron chi connectivity index (χ0n) is 11.7. The maximum atomic E-state index is 11.3. The van der Waals surface area contributed by atoms with Crippen molar-refractivity contribution in [3.63, 3.8) is 0 Å². The summed E-state index contributed by atoms with van der Waals surface area (Å²) in [7, 11) is -0.781. The van der Waals surface area contributed by atoms with Gasteiger partial charge in [-0.2, -0.15) is 0 Å². The zero-order valence-corrected chi connectivity index (χ0v) is 15.1. The van der Waals surface area contributed by atoms with Gasteiger partial charge >= 0.3 is 11.9 Å². The Morgan fingerprint density at radius 2 is 1.95 bits per heavy atom. The molecule has 0 bridgehead atoms. The summed E-state index contributed by atoms with van der Waals surface area (Å²) in [6.07, 6.45) is 2.34. The smallest absolute Gasteiger partial charge is 0.331 e. The van der Waals surface area contributed by atoms with Gasteiger partial charge in [-0.05, 0) is 12.8 Å². The van der Waals surface area contributed by atoms with E-state index in [2.05, 4.69) is 6.58 Å². The minimum atomic E-state index is -1.28. The summed E-state index contributed by atoms with van der Waals surface area (Å²) in [5.41, 5.74) is 0.705. The van der Waals surface area contributed by atoms with Crippen molar-refractivity contribution < 1.29 is 23.9 Å². The second-order valence-electron chi connectivity index (χ2n) is 4.40. The van der Waals surface area contributed by atoms with Crippen LogP contribution in [0, 0.1) is 5.92 Å². The molecule has 0 aromatic carbocycles. The first-order valence-electron chi connectivity index (χ1n) is 6.22. The molecule has 5 nitrogen and oxygen atoms in total. The molecule has 0 fully saturated rings. The highest BCUT2D eigenvalue weighted by atomic mass is 28.3. The van der Waals surface area contributed by atoms with Crippen LogP contribution in [-0.4, -0.2) is 42.4 Å². The first-order valence-corrected chi connectivity index (χ1v) is 8.33. The van der Waals surface area contributed by atoms with Crippen LogP contribution in [0.25, 0.3) is 0 Å². The number of unbranched alkanes of at least 4 members (excludes halogenated alkanes) is 1. The lowest BCUT2D eigenvalue weighted by atomic mass is 9.89. The predicted molar refractivity (Wildman–Crippen MR) is 79.7 cm³/mol. The molecule has 0 saturated carbocycles. The van der Waals surface area contributed by atoms with E-state index in [4.69, 9.17) is 9.22 Å². The van der Waals surface area contributed by atoms with Gasteiger partial charge in [0, 0.05) is 16.7 Å². The Morgan fingerprint density at radius 1 is 1.37 bits per heavy atom. The number of carboxylic acids is 2. The molecule has 0 saturated heterocycles. The number of carbonyl (C=O) groups is 2. The average Bonchev–Trinajstić information content (AvgIpc) is 2.36. The van der Waals surface area contributed by atoms with Crippen LogP contribution in [0.4, 0.5) is 0 Å². The Hall–Kier alpha value is -1.19. The fourth-order valence-corrected chi connectivity index (χ4v) is 3.77. The Morgan fingerprint density at radius 3 is 2.32 bits per heavy atom. The number of allylic oxidation sites excluding steroid dienone is 1. The molecule has 7 heteroatoms. The number of hydrogen-bond acceptors (Lipinski definition) is 3. The molecule has 0 aliphatic carbocycles. The fourth-order valence-electron chi connectivity index (χ4n) is 1.83. The average molecular weight is 302 g/mol. The Labute approximate surface area is 118 Å². The van der Waals surface area contributed by atoms with Gasteiger partial charge in [0.2, 0.25) is 0 Å². The Balaban J connectivity index is 5.48. The molecule has 19 heavy (non-hydrogen) atoms. The van der Waals surface area contributed by atoms with Crippen molar-refractivity contribution in [1.29, 1.82) is 0 Å². The second kappa shape index (κ2) is 8.84. The van der Waals surface area contributed by atoms with E-state index in [-0.39, 0.29) is 5.57 Å². The van der Waals surface area contributed by atoms with Gasteiger partial charge < -0.3 is 14.3 Å². The molecular weight excluding hydrogens is 280 g/mol. The molecule has 0 aromatic rings. The lowest BCUT2D eigenvalue weighted by molar-refractivity contribution is -0.134. The van der Waals surface area contributed by atoms with Crippen LogP contribution in [0.1, 0.15) is 33.1 Å². The molecule has 0 rings (SSSR count). The molecule has 0 aliphatic heterocycles. The molecule has 2 N–H and O–H groups in total. The van der Waals surface area contributed by atoms with Crippen LogP contribution in [0.5, 0.6) is 0 Å². The highest BCUT2D eigenvalue weighted by molar-refractivity contribution is 6.51. The van der Waals surface area contributed by atoms with Crippen LogP contribution in [0.15, 0.2) is 22.9 Å². The molecule has 1 unspecified atom stereocenters. The van der Waals surface area contributed by atoms with E-state index in [0.29, 0.717) is 27.7 Å². The van der Waals surface area contributed by atoms with E-state index >= 15 is 0 Å². The summed E-state index contributed by atoms with van der Waals surface area (Å²) in [6.45, 7) is 7.25. The quantitative estimate of drug-likeness (QED) is 0.469. The summed E-state index contributed by atoms with van der Waals surface area (Å²) >= 11 is 0. The maximum absolute atomic E-state index is 11.3. The van der Waals surface area contributed by atoms with Gasteiger partial charge in [-0.25, -0.2) is 9.59 Å². The lowest BCUT2D eigenvalue weighted by Gasteiger charge is -2.19. The second-order valence-corrected chi connectivity index (χ2v) is 7.70. The number of hydrogen-bond donors (Lipinski definition) is 2. The van der Waals surface area contributed by atoms with Gasteiger partial charge in [-0.3, -0.25) is 0 Å². The van der Waals surface area contributed by atoms with Crippen molar-refractivity contribution in [3.8, 4) is 0 Å². The fraction of sp³-hybridized carbons (Fsp3) is 0.500. The topological polar surface area (TPSA) is 83.8 Å². The zero-order chi connectivity index (χ0) is 15.0. The van der Waals surface area contributed by atoms with Gasteiger partial charge in [0.25, 0.3) is 0 Å². The normalized spacial score (nSPS) is 14.4. The van der Waals surface area contributed by atoms with Crippen molar-refractivity contribution in [2.24, 2.45) is 5.92 Å². The molecule has 1 atom stereocenters. The van der Waals surface area contributed by atoms with E-state index in [1.54, 1.807) is 6.92 Å². The Kier molecular flexibility index (Phi) is 8.28. The summed E-state index contributed by atoms with van der Waals surface area (Å²) in [5.74, 6) is -2.53. The largest absolute Gasteiger partial charge is 0.478 e. The summed E-state index contributed by atoms with van der Waals surface area (Å²) in [5, 5.41) is 18.6. The summed E-state index contributed by atoms with van der Waals surface area (Å²) < 4.78 is 5.18. The van der Waals surface area contributed by atoms with E-state index in [0.717, 1.165) is 12.8 Å². The van der Waals surface area contributed by atoms with Gasteiger partial charge in [-0.1, -0.05) is 32.4 Å². The molecule has 0 aliphatic rings. The third-order valence-electron chi connectivity index (χ3n) is 3.05. The van der Waals surface area contributed by atoms with E-state index in [9.17, 15) is 14.7 Å². The van der Waals surface area contributed by atoms with Gasteiger partial charge in [0.05, 0.1) is 0 Å².